The van der Waals surface area contributed by atoms with Gasteiger partial charge in [0.05, 0.1) is 5.54 Å². The molecule has 0 rings (SSSR count). The van der Waals surface area contributed by atoms with Gasteiger partial charge in [-0.25, -0.2) is 0 Å². The van der Waals surface area contributed by atoms with Crippen molar-refractivity contribution in [2.24, 2.45) is 0 Å². The lowest BCUT2D eigenvalue weighted by Gasteiger charge is -2.42. The summed E-state index contributed by atoms with van der Waals surface area (Å²) >= 11 is 11.1. The summed E-state index contributed by atoms with van der Waals surface area (Å²) in [7, 11) is -4.23. The molecule has 0 amide bonds. The van der Waals surface area contributed by atoms with Crippen LogP contribution in [0.15, 0.2) is 0 Å². The molecule has 1 N–H and O–H groups in total. The Morgan fingerprint density at radius 2 is 1.64 bits per heavy atom. The molecule has 14 heavy (non-hydrogen) atoms. The number of nitrogens with zero attached hydrogens (tertiary/aromatic N) is 1. The van der Waals surface area contributed by atoms with E-state index in [2.05, 4.69) is 0 Å². The summed E-state index contributed by atoms with van der Waals surface area (Å²) in [4.78, 5) is 0. The minimum atomic E-state index is -4.23. The quantitative estimate of drug-likeness (QED) is 0.625. The van der Waals surface area contributed by atoms with Gasteiger partial charge in [-0.2, -0.15) is 8.42 Å². The lowest BCUT2D eigenvalue weighted by molar-refractivity contribution is 0.237. The highest BCUT2D eigenvalue weighted by atomic mass is 35.5. The van der Waals surface area contributed by atoms with E-state index in [0.717, 1.165) is 3.94 Å². The summed E-state index contributed by atoms with van der Waals surface area (Å²) in [5.41, 5.74) is -1.08. The fourth-order valence-corrected chi connectivity index (χ4v) is 2.67. The van der Waals surface area contributed by atoms with Crippen LogP contribution in [0.1, 0.15) is 34.1 Å². The number of halogens is 2. The van der Waals surface area contributed by atoms with Gasteiger partial charge < -0.3 is 0 Å². The van der Waals surface area contributed by atoms with E-state index in [0.29, 0.717) is 0 Å². The van der Waals surface area contributed by atoms with Crippen molar-refractivity contribution < 1.29 is 13.0 Å². The predicted octanol–water partition coefficient (Wildman–Crippen LogP) is 2.43. The van der Waals surface area contributed by atoms with Crippen molar-refractivity contribution in [3.8, 4) is 0 Å². The fourth-order valence-electron chi connectivity index (χ4n) is 1.11. The van der Waals surface area contributed by atoms with Crippen molar-refractivity contribution in [1.82, 2.24) is 3.94 Å². The van der Waals surface area contributed by atoms with E-state index in [1.807, 2.05) is 0 Å². The highest BCUT2D eigenvalue weighted by Gasteiger charge is 2.52. The monoisotopic (exact) mass is 263 g/mol. The van der Waals surface area contributed by atoms with E-state index < -0.39 is 20.4 Å². The normalized spacial score (nSPS) is 18.3. The molecule has 1 atom stereocenters. The molecule has 0 aromatic heterocycles. The lowest BCUT2D eigenvalue weighted by Crippen LogP contribution is -2.57. The van der Waals surface area contributed by atoms with Gasteiger partial charge in [0, 0.05) is 0 Å². The Morgan fingerprint density at radius 1 is 1.29 bits per heavy atom. The zero-order valence-corrected chi connectivity index (χ0v) is 10.9. The third-order valence-electron chi connectivity index (χ3n) is 2.96. The van der Waals surface area contributed by atoms with Crippen LogP contribution in [0.5, 0.6) is 0 Å². The smallest absolute Gasteiger partial charge is 0.272 e. The molecule has 4 nitrogen and oxygen atoms in total. The largest absolute Gasteiger partial charge is 0.285 e. The zero-order valence-electron chi connectivity index (χ0n) is 8.58. The van der Waals surface area contributed by atoms with E-state index in [-0.39, 0.29) is 6.42 Å². The molecule has 0 saturated heterocycles. The van der Waals surface area contributed by atoms with Crippen LogP contribution in [0.2, 0.25) is 0 Å². The van der Waals surface area contributed by atoms with Gasteiger partial charge in [0.25, 0.3) is 10.1 Å². The highest BCUT2D eigenvalue weighted by molar-refractivity contribution is 7.87. The fraction of sp³-hybridized carbons (Fsp3) is 1.00. The Hall–Kier alpha value is 0.450. The van der Waals surface area contributed by atoms with Crippen LogP contribution >= 0.6 is 23.6 Å². The summed E-state index contributed by atoms with van der Waals surface area (Å²) in [6.45, 7) is 6.14. The Morgan fingerprint density at radius 3 is 1.71 bits per heavy atom. The summed E-state index contributed by atoms with van der Waals surface area (Å²) in [5.74, 6) is 0. The summed E-state index contributed by atoms with van der Waals surface area (Å²) in [5, 5.41) is 0. The van der Waals surface area contributed by atoms with Crippen LogP contribution in [0.3, 0.4) is 0 Å². The molecule has 0 aromatic carbocycles. The zero-order chi connectivity index (χ0) is 11.8. The van der Waals surface area contributed by atoms with Gasteiger partial charge in [0.15, 0.2) is 0 Å². The van der Waals surface area contributed by atoms with Crippen molar-refractivity contribution >= 4 is 33.7 Å². The SMILES string of the molecule is CCC(C)(C(C)(C)N(Cl)Cl)S(=O)(=O)O. The molecular weight excluding hydrogens is 249 g/mol. The molecule has 1 unspecified atom stereocenters. The molecule has 0 aliphatic rings. The van der Waals surface area contributed by atoms with Crippen molar-refractivity contribution in [3.63, 3.8) is 0 Å². The Bertz CT molecular complexity index is 302. The highest BCUT2D eigenvalue weighted by Crippen LogP contribution is 2.39. The second kappa shape index (κ2) is 4.14. The number of hydrogen-bond donors (Lipinski definition) is 1. The van der Waals surface area contributed by atoms with Crippen LogP contribution in [0, 0.1) is 0 Å². The van der Waals surface area contributed by atoms with Crippen molar-refractivity contribution in [2.75, 3.05) is 0 Å². The second-order valence-corrected chi connectivity index (χ2v) is 6.55. The maximum absolute atomic E-state index is 11.2. The minimum Gasteiger partial charge on any atom is -0.285 e. The van der Waals surface area contributed by atoms with Gasteiger partial charge in [-0.1, -0.05) is 6.92 Å². The third-order valence-corrected chi connectivity index (χ3v) is 5.73. The van der Waals surface area contributed by atoms with Crippen LogP contribution in [-0.4, -0.2) is 27.2 Å². The van der Waals surface area contributed by atoms with Crippen LogP contribution in [0.4, 0.5) is 0 Å². The van der Waals surface area contributed by atoms with E-state index >= 15 is 0 Å². The molecule has 0 bridgehead atoms. The van der Waals surface area contributed by atoms with Crippen LogP contribution < -0.4 is 0 Å². The topological polar surface area (TPSA) is 57.6 Å². The maximum atomic E-state index is 11.2. The minimum absolute atomic E-state index is 0.203. The summed E-state index contributed by atoms with van der Waals surface area (Å²) < 4.78 is 31.0. The molecule has 0 radical (unpaired) electrons. The van der Waals surface area contributed by atoms with Gasteiger partial charge in [-0.3, -0.25) is 4.55 Å². The van der Waals surface area contributed by atoms with Crippen LogP contribution in [-0.2, 0) is 10.1 Å². The summed E-state index contributed by atoms with van der Waals surface area (Å²) in [6.07, 6.45) is 0.203. The Balaban J connectivity index is 5.49. The van der Waals surface area contributed by atoms with Gasteiger partial charge in [0.1, 0.15) is 4.75 Å². The van der Waals surface area contributed by atoms with Gasteiger partial charge in [-0.15, -0.1) is 3.94 Å². The van der Waals surface area contributed by atoms with Gasteiger partial charge >= 0.3 is 0 Å². The lowest BCUT2D eigenvalue weighted by atomic mass is 9.87. The third kappa shape index (κ3) is 2.17. The Kier molecular flexibility index (Phi) is 4.27. The number of hydrogen-bond acceptors (Lipinski definition) is 3. The average Bonchev–Trinajstić information content (AvgIpc) is 2.00. The van der Waals surface area contributed by atoms with E-state index in [1.165, 1.54) is 6.92 Å². The first-order valence-electron chi connectivity index (χ1n) is 4.09. The van der Waals surface area contributed by atoms with Crippen LogP contribution in [0.25, 0.3) is 0 Å². The second-order valence-electron chi connectivity index (χ2n) is 3.85. The molecule has 0 aromatic rings. The first kappa shape index (κ1) is 14.5. The summed E-state index contributed by atoms with van der Waals surface area (Å²) in [6, 6.07) is 0. The standard InChI is InChI=1S/C7H15Cl2NO3S/c1-5-7(4,14(11,12)13)6(2,3)10(8)9/h5H2,1-4H3,(H,11,12,13). The molecular formula is C7H15Cl2NO3S. The molecule has 0 aliphatic carbocycles. The molecule has 7 heteroatoms. The van der Waals surface area contributed by atoms with E-state index in [4.69, 9.17) is 28.1 Å². The van der Waals surface area contributed by atoms with E-state index in [1.54, 1.807) is 20.8 Å². The number of rotatable bonds is 4. The molecule has 0 aliphatic heterocycles. The molecule has 0 fully saturated rings. The van der Waals surface area contributed by atoms with E-state index in [9.17, 15) is 8.42 Å². The maximum Gasteiger partial charge on any atom is 0.272 e. The van der Waals surface area contributed by atoms with Crippen molar-refractivity contribution in [1.29, 1.82) is 0 Å². The average molecular weight is 264 g/mol. The predicted molar refractivity (Wildman–Crippen MR) is 57.9 cm³/mol. The van der Waals surface area contributed by atoms with Gasteiger partial charge in [0.2, 0.25) is 0 Å². The van der Waals surface area contributed by atoms with Crippen molar-refractivity contribution in [2.45, 2.75) is 44.4 Å². The molecule has 86 valence electrons. The van der Waals surface area contributed by atoms with Crippen molar-refractivity contribution in [3.05, 3.63) is 0 Å². The Labute approximate surface area is 95.1 Å². The first-order valence-corrected chi connectivity index (χ1v) is 6.21. The van der Waals surface area contributed by atoms with Gasteiger partial charge in [-0.05, 0) is 50.7 Å². The molecule has 0 saturated carbocycles. The molecule has 0 spiro atoms. The first-order chi connectivity index (χ1) is 6.00. The molecule has 0 heterocycles.